The number of nitrogens with one attached hydrogen (secondary N) is 1. The first-order chi connectivity index (χ1) is 14.7. The molecule has 0 aromatic heterocycles. The van der Waals surface area contributed by atoms with Crippen LogP contribution in [0.25, 0.3) is 0 Å². The summed E-state index contributed by atoms with van der Waals surface area (Å²) in [5.74, 6) is 0.0882. The highest BCUT2D eigenvalue weighted by Gasteiger charge is 2.21. The lowest BCUT2D eigenvalue weighted by Crippen LogP contribution is -2.40. The monoisotopic (exact) mass is 422 g/mol. The Balaban J connectivity index is 4.02. The fourth-order valence-electron chi connectivity index (χ4n) is 4.21. The number of hydrogen-bond donors (Lipinski definition) is 2. The van der Waals surface area contributed by atoms with Crippen molar-refractivity contribution in [2.45, 2.75) is 122 Å². The van der Waals surface area contributed by atoms with Crippen LogP contribution in [0.3, 0.4) is 0 Å². The first-order valence-corrected chi connectivity index (χ1v) is 13.1. The van der Waals surface area contributed by atoms with E-state index in [-0.39, 0.29) is 5.92 Å². The predicted octanol–water partition coefficient (Wildman–Crippen LogP) is 6.26. The van der Waals surface area contributed by atoms with Gasteiger partial charge >= 0.3 is 0 Å². The molecule has 0 fully saturated rings. The minimum Gasteiger partial charge on any atom is -0.330 e. The van der Waals surface area contributed by atoms with E-state index in [2.05, 4.69) is 37.3 Å². The molecule has 0 heterocycles. The minimum absolute atomic E-state index is 0.0882. The lowest BCUT2D eigenvalue weighted by atomic mass is 9.94. The molecule has 0 aromatic rings. The Labute approximate surface area is 189 Å². The fourth-order valence-corrected chi connectivity index (χ4v) is 4.21. The molecule has 3 N–H and O–H groups in total. The maximum atomic E-state index is 9.71. The average Bonchev–Trinajstić information content (AvgIpc) is 2.73. The molecule has 4 nitrogen and oxygen atoms in total. The molecule has 30 heavy (non-hydrogen) atoms. The van der Waals surface area contributed by atoms with Crippen molar-refractivity contribution < 1.29 is 0 Å². The van der Waals surface area contributed by atoms with Crippen molar-refractivity contribution in [3.63, 3.8) is 0 Å². The second kappa shape index (κ2) is 23.0. The standard InChI is InChI=1S/C26H54N4/c1-4-5-6-7-8-13-16-19-22-29-26(25(23-28)24-30(2)3)20-17-14-11-9-10-12-15-18-21-27/h25-26,29H,4-22,24,27H2,1-3H3. The van der Waals surface area contributed by atoms with Gasteiger partial charge in [0, 0.05) is 12.6 Å². The summed E-state index contributed by atoms with van der Waals surface area (Å²) in [5.41, 5.74) is 5.55. The van der Waals surface area contributed by atoms with E-state index in [1.165, 1.54) is 103 Å². The lowest BCUT2D eigenvalue weighted by molar-refractivity contribution is 0.291. The molecule has 2 atom stereocenters. The number of nitriles is 1. The third-order valence-corrected chi connectivity index (χ3v) is 6.12. The van der Waals surface area contributed by atoms with Crippen molar-refractivity contribution in [2.24, 2.45) is 11.7 Å². The molecule has 2 unspecified atom stereocenters. The second-order valence-electron chi connectivity index (χ2n) is 9.44. The highest BCUT2D eigenvalue weighted by atomic mass is 15.1. The summed E-state index contributed by atoms with van der Waals surface area (Å²) < 4.78 is 0. The van der Waals surface area contributed by atoms with E-state index in [0.29, 0.717) is 6.04 Å². The van der Waals surface area contributed by atoms with Crippen molar-refractivity contribution in [1.29, 1.82) is 5.26 Å². The molecule has 178 valence electrons. The molecule has 0 aliphatic rings. The molecule has 0 bridgehead atoms. The quantitative estimate of drug-likeness (QED) is 0.191. The largest absolute Gasteiger partial charge is 0.330 e. The van der Waals surface area contributed by atoms with E-state index in [1.54, 1.807) is 0 Å². The molecular formula is C26H54N4. The molecule has 0 saturated carbocycles. The van der Waals surface area contributed by atoms with Gasteiger partial charge in [0.2, 0.25) is 0 Å². The molecule has 0 aliphatic heterocycles. The number of nitrogens with zero attached hydrogens (tertiary/aromatic N) is 2. The molecule has 0 spiro atoms. The van der Waals surface area contributed by atoms with Crippen molar-refractivity contribution in [3.8, 4) is 6.07 Å². The van der Waals surface area contributed by atoms with Crippen LogP contribution in [0, 0.1) is 17.2 Å². The smallest absolute Gasteiger partial charge is 0.0743 e. The molecule has 0 aliphatic carbocycles. The van der Waals surface area contributed by atoms with E-state index in [0.717, 1.165) is 26.1 Å². The van der Waals surface area contributed by atoms with E-state index in [4.69, 9.17) is 5.73 Å². The van der Waals surface area contributed by atoms with Gasteiger partial charge in [-0.2, -0.15) is 5.26 Å². The summed E-state index contributed by atoms with van der Waals surface area (Å²) in [6.45, 7) is 5.03. The van der Waals surface area contributed by atoms with Crippen LogP contribution in [0.15, 0.2) is 0 Å². The fraction of sp³-hybridized carbons (Fsp3) is 0.962. The zero-order valence-electron chi connectivity index (χ0n) is 20.8. The van der Waals surface area contributed by atoms with Gasteiger partial charge in [-0.05, 0) is 46.4 Å². The van der Waals surface area contributed by atoms with Gasteiger partial charge in [-0.25, -0.2) is 0 Å². The summed E-state index contributed by atoms with van der Waals surface area (Å²) in [7, 11) is 4.15. The Morgan fingerprint density at radius 3 is 1.77 bits per heavy atom. The topological polar surface area (TPSA) is 65.1 Å². The van der Waals surface area contributed by atoms with Gasteiger partial charge in [0.1, 0.15) is 0 Å². The van der Waals surface area contributed by atoms with E-state index in [1.807, 2.05) is 0 Å². The highest BCUT2D eigenvalue weighted by molar-refractivity contribution is 4.93. The van der Waals surface area contributed by atoms with Crippen LogP contribution >= 0.6 is 0 Å². The molecule has 0 rings (SSSR count). The summed E-state index contributed by atoms with van der Waals surface area (Å²) in [4.78, 5) is 2.15. The Morgan fingerprint density at radius 1 is 0.767 bits per heavy atom. The number of nitrogens with two attached hydrogens (primary N) is 1. The minimum atomic E-state index is 0.0882. The molecule has 0 amide bonds. The maximum absolute atomic E-state index is 9.71. The number of unbranched alkanes of at least 4 members (excludes halogenated alkanes) is 14. The van der Waals surface area contributed by atoms with Crippen LogP contribution < -0.4 is 11.1 Å². The Kier molecular flexibility index (Phi) is 22.6. The molecule has 0 aromatic carbocycles. The first-order valence-electron chi connectivity index (χ1n) is 13.1. The lowest BCUT2D eigenvalue weighted by Gasteiger charge is -2.26. The van der Waals surface area contributed by atoms with Gasteiger partial charge in [0.25, 0.3) is 0 Å². The van der Waals surface area contributed by atoms with Crippen LogP contribution in [-0.2, 0) is 0 Å². The molecule has 0 radical (unpaired) electrons. The van der Waals surface area contributed by atoms with Gasteiger partial charge in [0.15, 0.2) is 0 Å². The highest BCUT2D eigenvalue weighted by Crippen LogP contribution is 2.16. The Hall–Kier alpha value is -0.630. The van der Waals surface area contributed by atoms with Crippen LogP contribution in [0.1, 0.15) is 116 Å². The van der Waals surface area contributed by atoms with Crippen molar-refractivity contribution in [1.82, 2.24) is 10.2 Å². The number of hydrogen-bond acceptors (Lipinski definition) is 4. The van der Waals surface area contributed by atoms with Gasteiger partial charge in [-0.15, -0.1) is 0 Å². The summed E-state index contributed by atoms with van der Waals surface area (Å²) in [5, 5.41) is 13.5. The van der Waals surface area contributed by atoms with Crippen molar-refractivity contribution in [2.75, 3.05) is 33.7 Å². The number of rotatable bonds is 23. The van der Waals surface area contributed by atoms with Crippen molar-refractivity contribution in [3.05, 3.63) is 0 Å². The van der Waals surface area contributed by atoms with Crippen LogP contribution in [0.5, 0.6) is 0 Å². The van der Waals surface area contributed by atoms with E-state index >= 15 is 0 Å². The molecule has 0 saturated heterocycles. The van der Waals surface area contributed by atoms with Gasteiger partial charge in [0.05, 0.1) is 12.0 Å². The van der Waals surface area contributed by atoms with Gasteiger partial charge < -0.3 is 16.0 Å². The third-order valence-electron chi connectivity index (χ3n) is 6.12. The summed E-state index contributed by atoms with van der Waals surface area (Å²) >= 11 is 0. The average molecular weight is 423 g/mol. The van der Waals surface area contributed by atoms with Crippen LogP contribution in [-0.4, -0.2) is 44.7 Å². The molecular weight excluding hydrogens is 368 g/mol. The second-order valence-corrected chi connectivity index (χ2v) is 9.44. The molecule has 4 heteroatoms. The Bertz CT molecular complexity index is 356. The van der Waals surface area contributed by atoms with Crippen LogP contribution in [0.4, 0.5) is 0 Å². The van der Waals surface area contributed by atoms with Gasteiger partial charge in [-0.1, -0.05) is 96.8 Å². The maximum Gasteiger partial charge on any atom is 0.0743 e. The normalized spacial score (nSPS) is 13.5. The van der Waals surface area contributed by atoms with Crippen molar-refractivity contribution >= 4 is 0 Å². The third kappa shape index (κ3) is 19.3. The zero-order chi connectivity index (χ0) is 22.3. The van der Waals surface area contributed by atoms with Gasteiger partial charge in [-0.3, -0.25) is 0 Å². The predicted molar refractivity (Wildman–Crippen MR) is 133 cm³/mol. The zero-order valence-corrected chi connectivity index (χ0v) is 20.8. The van der Waals surface area contributed by atoms with Crippen LogP contribution in [0.2, 0.25) is 0 Å². The summed E-state index contributed by atoms with van der Waals surface area (Å²) in [6.07, 6.45) is 22.3. The Morgan fingerprint density at radius 2 is 1.27 bits per heavy atom. The van der Waals surface area contributed by atoms with E-state index in [9.17, 15) is 5.26 Å². The SMILES string of the molecule is CCCCCCCCCCNC(CCCCCCCCCCN)C(C#N)CN(C)C. The summed E-state index contributed by atoms with van der Waals surface area (Å²) in [6, 6.07) is 2.92. The van der Waals surface area contributed by atoms with E-state index < -0.39 is 0 Å². The first kappa shape index (κ1) is 29.4.